The van der Waals surface area contributed by atoms with Crippen molar-refractivity contribution in [2.75, 3.05) is 13.2 Å². The monoisotopic (exact) mass is 260 g/mol. The van der Waals surface area contributed by atoms with E-state index in [1.165, 1.54) is 12.8 Å². The third kappa shape index (κ3) is 7.22. The quantitative estimate of drug-likeness (QED) is 0.535. The van der Waals surface area contributed by atoms with E-state index in [0.717, 1.165) is 25.3 Å². The molecule has 1 atom stereocenters. The summed E-state index contributed by atoms with van der Waals surface area (Å²) >= 11 is 0. The van der Waals surface area contributed by atoms with Crippen LogP contribution in [0, 0.1) is 11.8 Å². The van der Waals surface area contributed by atoms with Gasteiger partial charge in [0.1, 0.15) is 0 Å². The minimum atomic E-state index is -1.90. The van der Waals surface area contributed by atoms with Gasteiger partial charge in [0.2, 0.25) is 0 Å². The lowest BCUT2D eigenvalue weighted by atomic mass is 10.1. The van der Waals surface area contributed by atoms with Crippen LogP contribution in [0.2, 0.25) is 12.1 Å². The summed E-state index contributed by atoms with van der Waals surface area (Å²) < 4.78 is 12.3. The van der Waals surface area contributed by atoms with Gasteiger partial charge >= 0.3 is 8.56 Å². The molecule has 0 heterocycles. The van der Waals surface area contributed by atoms with E-state index in [4.69, 9.17) is 8.85 Å². The van der Waals surface area contributed by atoms with E-state index in [2.05, 4.69) is 41.5 Å². The molecule has 0 amide bonds. The summed E-state index contributed by atoms with van der Waals surface area (Å²) in [6.07, 6.45) is 2.49. The van der Waals surface area contributed by atoms with Gasteiger partial charge in [0, 0.05) is 13.2 Å². The highest BCUT2D eigenvalue weighted by atomic mass is 28.4. The van der Waals surface area contributed by atoms with Crippen molar-refractivity contribution in [3.05, 3.63) is 0 Å². The van der Waals surface area contributed by atoms with Gasteiger partial charge in [-0.15, -0.1) is 0 Å². The lowest BCUT2D eigenvalue weighted by molar-refractivity contribution is 0.134. The van der Waals surface area contributed by atoms with Crippen LogP contribution in [0.1, 0.15) is 54.4 Å². The van der Waals surface area contributed by atoms with Crippen LogP contribution in [0.3, 0.4) is 0 Å². The Balaban J connectivity index is 4.19. The average molecular weight is 260 g/mol. The molecule has 0 radical (unpaired) electrons. The fourth-order valence-corrected chi connectivity index (χ4v) is 4.51. The molecule has 0 spiro atoms. The van der Waals surface area contributed by atoms with Gasteiger partial charge in [-0.1, -0.05) is 48.0 Å². The standard InChI is InChI=1S/C14H32O2Si/c1-7-10-14(6)12-16-17(8-2,9-3)15-11-13(4)5/h13-14H,7-12H2,1-6H3. The van der Waals surface area contributed by atoms with Crippen LogP contribution in [-0.2, 0) is 8.85 Å². The fraction of sp³-hybridized carbons (Fsp3) is 1.00. The molecule has 0 aromatic carbocycles. The molecule has 104 valence electrons. The van der Waals surface area contributed by atoms with Crippen molar-refractivity contribution >= 4 is 8.56 Å². The first-order valence-electron chi connectivity index (χ1n) is 7.27. The van der Waals surface area contributed by atoms with Crippen molar-refractivity contribution in [1.29, 1.82) is 0 Å². The van der Waals surface area contributed by atoms with Gasteiger partial charge < -0.3 is 8.85 Å². The van der Waals surface area contributed by atoms with Gasteiger partial charge in [-0.05, 0) is 30.3 Å². The van der Waals surface area contributed by atoms with Crippen LogP contribution in [0.25, 0.3) is 0 Å². The molecular weight excluding hydrogens is 228 g/mol. The van der Waals surface area contributed by atoms with Gasteiger partial charge in [-0.3, -0.25) is 0 Å². The highest BCUT2D eigenvalue weighted by Crippen LogP contribution is 2.21. The Kier molecular flexibility index (Phi) is 9.19. The Bertz CT molecular complexity index is 179. The molecule has 0 aliphatic carbocycles. The molecule has 0 aromatic heterocycles. The van der Waals surface area contributed by atoms with Gasteiger partial charge in [0.25, 0.3) is 0 Å². The second-order valence-corrected chi connectivity index (χ2v) is 9.34. The zero-order chi connectivity index (χ0) is 13.3. The molecule has 3 heteroatoms. The van der Waals surface area contributed by atoms with Crippen molar-refractivity contribution in [2.24, 2.45) is 11.8 Å². The number of hydrogen-bond donors (Lipinski definition) is 0. The molecule has 0 saturated heterocycles. The van der Waals surface area contributed by atoms with Crippen LogP contribution in [-0.4, -0.2) is 21.8 Å². The minimum Gasteiger partial charge on any atom is -0.394 e. The van der Waals surface area contributed by atoms with E-state index in [1.54, 1.807) is 0 Å². The second-order valence-electron chi connectivity index (χ2n) is 5.53. The van der Waals surface area contributed by atoms with Crippen molar-refractivity contribution in [3.63, 3.8) is 0 Å². The molecule has 0 N–H and O–H groups in total. The molecule has 0 fully saturated rings. The van der Waals surface area contributed by atoms with E-state index >= 15 is 0 Å². The maximum Gasteiger partial charge on any atom is 0.337 e. The van der Waals surface area contributed by atoms with Crippen LogP contribution in [0.15, 0.2) is 0 Å². The first-order chi connectivity index (χ1) is 7.99. The smallest absolute Gasteiger partial charge is 0.337 e. The SMILES string of the molecule is CCCC(C)CO[Si](CC)(CC)OCC(C)C. The molecule has 0 bridgehead atoms. The molecule has 2 nitrogen and oxygen atoms in total. The predicted molar refractivity (Wildman–Crippen MR) is 77.5 cm³/mol. The summed E-state index contributed by atoms with van der Waals surface area (Å²) in [6, 6.07) is 2.13. The number of hydrogen-bond acceptors (Lipinski definition) is 2. The van der Waals surface area contributed by atoms with Gasteiger partial charge in [0.05, 0.1) is 0 Å². The largest absolute Gasteiger partial charge is 0.394 e. The molecule has 17 heavy (non-hydrogen) atoms. The molecule has 0 saturated carbocycles. The third-order valence-corrected chi connectivity index (χ3v) is 6.71. The first-order valence-corrected chi connectivity index (χ1v) is 9.50. The van der Waals surface area contributed by atoms with Crippen LogP contribution in [0.4, 0.5) is 0 Å². The topological polar surface area (TPSA) is 18.5 Å². The maximum atomic E-state index is 6.21. The molecule has 1 unspecified atom stereocenters. The van der Waals surface area contributed by atoms with Crippen LogP contribution in [0.5, 0.6) is 0 Å². The highest BCUT2D eigenvalue weighted by molar-refractivity contribution is 6.67. The Hall–Kier alpha value is 0.137. The zero-order valence-electron chi connectivity index (χ0n) is 12.7. The van der Waals surface area contributed by atoms with E-state index in [1.807, 2.05) is 0 Å². The summed E-state index contributed by atoms with van der Waals surface area (Å²) in [5, 5.41) is 0. The summed E-state index contributed by atoms with van der Waals surface area (Å²) in [6.45, 7) is 15.0. The van der Waals surface area contributed by atoms with Crippen molar-refractivity contribution in [2.45, 2.75) is 66.5 Å². The van der Waals surface area contributed by atoms with Crippen molar-refractivity contribution < 1.29 is 8.85 Å². The Labute approximate surface area is 109 Å². The van der Waals surface area contributed by atoms with Crippen molar-refractivity contribution in [3.8, 4) is 0 Å². The molecular formula is C14H32O2Si. The van der Waals surface area contributed by atoms with Gasteiger partial charge in [-0.25, -0.2) is 0 Å². The molecule has 0 rings (SSSR count). The van der Waals surface area contributed by atoms with Gasteiger partial charge in [0.15, 0.2) is 0 Å². The van der Waals surface area contributed by atoms with E-state index in [-0.39, 0.29) is 0 Å². The fourth-order valence-electron chi connectivity index (χ4n) is 1.89. The molecule has 0 aliphatic heterocycles. The van der Waals surface area contributed by atoms with E-state index in [9.17, 15) is 0 Å². The van der Waals surface area contributed by atoms with Crippen molar-refractivity contribution in [1.82, 2.24) is 0 Å². The normalized spacial score (nSPS) is 14.3. The van der Waals surface area contributed by atoms with Gasteiger partial charge in [-0.2, -0.15) is 0 Å². The second kappa shape index (κ2) is 9.12. The number of rotatable bonds is 10. The average Bonchev–Trinajstić information content (AvgIpc) is 2.30. The minimum absolute atomic E-state index is 0.594. The summed E-state index contributed by atoms with van der Waals surface area (Å²) in [4.78, 5) is 0. The van der Waals surface area contributed by atoms with E-state index in [0.29, 0.717) is 11.8 Å². The lowest BCUT2D eigenvalue weighted by Gasteiger charge is -2.30. The maximum absolute atomic E-state index is 6.21. The summed E-state index contributed by atoms with van der Waals surface area (Å²) in [7, 11) is -1.90. The lowest BCUT2D eigenvalue weighted by Crippen LogP contribution is -2.42. The highest BCUT2D eigenvalue weighted by Gasteiger charge is 2.34. The van der Waals surface area contributed by atoms with Crippen LogP contribution < -0.4 is 0 Å². The Morgan fingerprint density at radius 2 is 1.41 bits per heavy atom. The third-order valence-electron chi connectivity index (χ3n) is 3.17. The molecule has 0 aliphatic rings. The predicted octanol–water partition coefficient (Wildman–Crippen LogP) is 4.59. The Morgan fingerprint density at radius 3 is 1.82 bits per heavy atom. The Morgan fingerprint density at radius 1 is 0.882 bits per heavy atom. The zero-order valence-corrected chi connectivity index (χ0v) is 13.7. The van der Waals surface area contributed by atoms with Crippen LogP contribution >= 0.6 is 0 Å². The molecule has 0 aromatic rings. The van der Waals surface area contributed by atoms with E-state index < -0.39 is 8.56 Å². The summed E-state index contributed by atoms with van der Waals surface area (Å²) in [5.74, 6) is 1.25. The summed E-state index contributed by atoms with van der Waals surface area (Å²) in [5.41, 5.74) is 0. The first kappa shape index (κ1) is 17.1.